The minimum atomic E-state index is 1.09. The van der Waals surface area contributed by atoms with E-state index < -0.39 is 0 Å². The molecule has 0 N–H and O–H groups in total. The van der Waals surface area contributed by atoms with E-state index in [0.717, 1.165) is 6.42 Å². The molecule has 93 valence electrons. The van der Waals surface area contributed by atoms with Crippen molar-refractivity contribution in [2.75, 3.05) is 0 Å². The normalized spacial score (nSPS) is 11.9. The molecule has 0 atom stereocenters. The molecule has 0 nitrogen and oxygen atoms in total. The third-order valence-electron chi connectivity index (χ3n) is 2.68. The fourth-order valence-corrected chi connectivity index (χ4v) is 1.60. The minimum absolute atomic E-state index is 1.09. The Bertz CT molecular complexity index is 165. The highest BCUT2D eigenvalue weighted by atomic mass is 13.9. The van der Waals surface area contributed by atoms with Crippen LogP contribution in [0, 0.1) is 6.92 Å². The van der Waals surface area contributed by atoms with Crippen LogP contribution in [0.25, 0.3) is 0 Å². The number of hydrogen-bond acceptors (Lipinski definition) is 0. The Kier molecular flexibility index (Phi) is 14.0. The van der Waals surface area contributed by atoms with E-state index in [1.165, 1.54) is 57.8 Å². The first-order chi connectivity index (χ1) is 7.91. The van der Waals surface area contributed by atoms with Gasteiger partial charge < -0.3 is 0 Å². The highest BCUT2D eigenvalue weighted by Crippen LogP contribution is 2.04. The standard InChI is InChI=1S/C16H29/c1-3-5-7-9-11-13-15-16-14-12-10-8-6-4-2/h10,12-13,15H,1,3-9,11,14,16H2,2H3. The van der Waals surface area contributed by atoms with Gasteiger partial charge in [-0.1, -0.05) is 70.3 Å². The van der Waals surface area contributed by atoms with Gasteiger partial charge in [-0.05, 0) is 32.1 Å². The van der Waals surface area contributed by atoms with Crippen molar-refractivity contribution in [3.63, 3.8) is 0 Å². The molecule has 0 aliphatic rings. The van der Waals surface area contributed by atoms with Gasteiger partial charge in [-0.3, -0.25) is 0 Å². The van der Waals surface area contributed by atoms with Crippen molar-refractivity contribution in [3.05, 3.63) is 31.2 Å². The Morgan fingerprint density at radius 1 is 0.688 bits per heavy atom. The molecular weight excluding hydrogens is 192 g/mol. The van der Waals surface area contributed by atoms with E-state index in [4.69, 9.17) is 0 Å². The molecule has 0 saturated carbocycles. The summed E-state index contributed by atoms with van der Waals surface area (Å²) in [6, 6.07) is 0. The van der Waals surface area contributed by atoms with Crippen molar-refractivity contribution in [2.24, 2.45) is 0 Å². The lowest BCUT2D eigenvalue weighted by Crippen LogP contribution is -1.74. The van der Waals surface area contributed by atoms with E-state index in [0.29, 0.717) is 0 Å². The monoisotopic (exact) mass is 221 g/mol. The summed E-state index contributed by atoms with van der Waals surface area (Å²) in [6.45, 7) is 6.09. The van der Waals surface area contributed by atoms with E-state index in [9.17, 15) is 0 Å². The predicted octanol–water partition coefficient (Wildman–Crippen LogP) is 5.85. The van der Waals surface area contributed by atoms with Gasteiger partial charge in [-0.2, -0.15) is 0 Å². The molecule has 0 bridgehead atoms. The van der Waals surface area contributed by atoms with Crippen LogP contribution in [0.15, 0.2) is 24.3 Å². The number of hydrogen-bond donors (Lipinski definition) is 0. The second-order valence-electron chi connectivity index (χ2n) is 4.37. The van der Waals surface area contributed by atoms with Gasteiger partial charge in [0.15, 0.2) is 0 Å². The van der Waals surface area contributed by atoms with Crippen LogP contribution in [-0.4, -0.2) is 0 Å². The average molecular weight is 221 g/mol. The highest BCUT2D eigenvalue weighted by Gasteiger charge is 1.84. The molecule has 0 rings (SSSR count). The Morgan fingerprint density at radius 3 is 1.81 bits per heavy atom. The molecular formula is C16H29. The lowest BCUT2D eigenvalue weighted by atomic mass is 10.1. The van der Waals surface area contributed by atoms with Crippen molar-refractivity contribution >= 4 is 0 Å². The van der Waals surface area contributed by atoms with E-state index >= 15 is 0 Å². The fraction of sp³-hybridized carbons (Fsp3) is 0.688. The van der Waals surface area contributed by atoms with Gasteiger partial charge >= 0.3 is 0 Å². The zero-order chi connectivity index (χ0) is 11.9. The summed E-state index contributed by atoms with van der Waals surface area (Å²) in [5.41, 5.74) is 0. The van der Waals surface area contributed by atoms with Crippen molar-refractivity contribution in [1.82, 2.24) is 0 Å². The summed E-state index contributed by atoms with van der Waals surface area (Å²) < 4.78 is 0. The molecule has 0 heterocycles. The predicted molar refractivity (Wildman–Crippen MR) is 75.5 cm³/mol. The summed E-state index contributed by atoms with van der Waals surface area (Å²) in [5, 5.41) is 0. The van der Waals surface area contributed by atoms with Gasteiger partial charge in [0.2, 0.25) is 0 Å². The van der Waals surface area contributed by atoms with Crippen LogP contribution in [0.3, 0.4) is 0 Å². The van der Waals surface area contributed by atoms with Gasteiger partial charge in [-0.15, -0.1) is 0 Å². The van der Waals surface area contributed by atoms with Gasteiger partial charge in [0.1, 0.15) is 0 Å². The molecule has 0 aliphatic heterocycles. The lowest BCUT2D eigenvalue weighted by molar-refractivity contribution is 0.694. The molecule has 0 saturated heterocycles. The summed E-state index contributed by atoms with van der Waals surface area (Å²) in [6.07, 6.45) is 21.9. The zero-order valence-corrected chi connectivity index (χ0v) is 11.1. The molecule has 0 aromatic rings. The Labute approximate surface area is 103 Å². The number of rotatable bonds is 11. The van der Waals surface area contributed by atoms with Gasteiger partial charge in [0, 0.05) is 0 Å². The first-order valence-electron chi connectivity index (χ1n) is 7.01. The maximum atomic E-state index is 3.85. The molecule has 0 amide bonds. The van der Waals surface area contributed by atoms with Crippen molar-refractivity contribution < 1.29 is 0 Å². The second-order valence-corrected chi connectivity index (χ2v) is 4.37. The smallest absolute Gasteiger partial charge is 0.0316 e. The Hall–Kier alpha value is -0.520. The van der Waals surface area contributed by atoms with E-state index in [1.54, 1.807) is 0 Å². The average Bonchev–Trinajstić information content (AvgIpc) is 2.31. The van der Waals surface area contributed by atoms with Crippen LogP contribution in [0.1, 0.15) is 71.1 Å². The lowest BCUT2D eigenvalue weighted by Gasteiger charge is -1.94. The third kappa shape index (κ3) is 13.5. The van der Waals surface area contributed by atoms with Crippen LogP contribution in [0.4, 0.5) is 0 Å². The second kappa shape index (κ2) is 14.5. The van der Waals surface area contributed by atoms with Gasteiger partial charge in [0.25, 0.3) is 0 Å². The van der Waals surface area contributed by atoms with Gasteiger partial charge in [0.05, 0.1) is 0 Å². The summed E-state index contributed by atoms with van der Waals surface area (Å²) in [7, 11) is 0. The molecule has 0 aromatic carbocycles. The molecule has 0 spiro atoms. The Morgan fingerprint density at radius 2 is 1.25 bits per heavy atom. The van der Waals surface area contributed by atoms with Crippen LogP contribution in [-0.2, 0) is 0 Å². The molecule has 0 aromatic heterocycles. The molecule has 0 heteroatoms. The third-order valence-corrected chi connectivity index (χ3v) is 2.68. The van der Waals surface area contributed by atoms with E-state index in [2.05, 4.69) is 38.2 Å². The Balaban J connectivity index is 3.12. The topological polar surface area (TPSA) is 0 Å². The maximum Gasteiger partial charge on any atom is -0.0316 e. The quantitative estimate of drug-likeness (QED) is 0.303. The molecule has 0 unspecified atom stereocenters. The summed E-state index contributed by atoms with van der Waals surface area (Å²) >= 11 is 0. The van der Waals surface area contributed by atoms with Crippen LogP contribution >= 0.6 is 0 Å². The SMILES string of the molecule is [CH2]CCCCCC=CCCC=CCCCC. The minimum Gasteiger partial charge on any atom is -0.0885 e. The van der Waals surface area contributed by atoms with Crippen LogP contribution < -0.4 is 0 Å². The fourth-order valence-electron chi connectivity index (χ4n) is 1.60. The van der Waals surface area contributed by atoms with E-state index in [-0.39, 0.29) is 0 Å². The molecule has 0 aliphatic carbocycles. The molecule has 16 heavy (non-hydrogen) atoms. The van der Waals surface area contributed by atoms with Crippen molar-refractivity contribution in [3.8, 4) is 0 Å². The molecule has 1 radical (unpaired) electrons. The van der Waals surface area contributed by atoms with Crippen LogP contribution in [0.2, 0.25) is 0 Å². The number of unbranched alkanes of at least 4 members (excludes halogenated alkanes) is 7. The van der Waals surface area contributed by atoms with Gasteiger partial charge in [-0.25, -0.2) is 0 Å². The summed E-state index contributed by atoms with van der Waals surface area (Å²) in [5.74, 6) is 0. The number of allylic oxidation sites excluding steroid dienone is 4. The zero-order valence-electron chi connectivity index (χ0n) is 11.1. The molecule has 0 fully saturated rings. The van der Waals surface area contributed by atoms with Crippen LogP contribution in [0.5, 0.6) is 0 Å². The van der Waals surface area contributed by atoms with Crippen molar-refractivity contribution in [2.45, 2.75) is 71.1 Å². The summed E-state index contributed by atoms with van der Waals surface area (Å²) in [4.78, 5) is 0. The van der Waals surface area contributed by atoms with E-state index in [1.807, 2.05) is 0 Å². The largest absolute Gasteiger partial charge is 0.0885 e. The van der Waals surface area contributed by atoms with Crippen molar-refractivity contribution in [1.29, 1.82) is 0 Å². The first-order valence-corrected chi connectivity index (χ1v) is 7.01. The first kappa shape index (κ1) is 15.5. The maximum absolute atomic E-state index is 3.85. The highest BCUT2D eigenvalue weighted by molar-refractivity contribution is 4.87.